The number of nitrogens with two attached hydrogens (primary N) is 1. The molecule has 1 unspecified atom stereocenters. The van der Waals surface area contributed by atoms with Crippen LogP contribution >= 0.6 is 0 Å². The molecular weight excluding hydrogens is 216 g/mol. The van der Waals surface area contributed by atoms with Gasteiger partial charge < -0.3 is 15.6 Å². The summed E-state index contributed by atoms with van der Waals surface area (Å²) in [5.74, 6) is 0.409. The van der Waals surface area contributed by atoms with Crippen LogP contribution in [0.4, 0.5) is 5.82 Å². The molecule has 1 aromatic heterocycles. The van der Waals surface area contributed by atoms with Gasteiger partial charge in [-0.2, -0.15) is 0 Å². The minimum Gasteiger partial charge on any atom is -0.360 e. The molecule has 1 heterocycles. The SMILES string of the molecule is CCn1ccnc(NC(C)(CC)CCN)c1=O. The molecular formula is C12H22N4O. The quantitative estimate of drug-likeness (QED) is 0.781. The van der Waals surface area contributed by atoms with Gasteiger partial charge in [0.1, 0.15) is 0 Å². The van der Waals surface area contributed by atoms with E-state index >= 15 is 0 Å². The van der Waals surface area contributed by atoms with Gasteiger partial charge in [0.05, 0.1) is 0 Å². The number of rotatable bonds is 6. The standard InChI is InChI=1S/C12H22N4O/c1-4-12(3,6-7-13)15-10-11(17)16(5-2)9-8-14-10/h8-9H,4-7,13H2,1-3H3,(H,14,15). The average Bonchev–Trinajstić information content (AvgIpc) is 2.32. The Kier molecular flexibility index (Phi) is 4.69. The molecule has 0 saturated carbocycles. The fourth-order valence-corrected chi connectivity index (χ4v) is 1.71. The van der Waals surface area contributed by atoms with Gasteiger partial charge in [-0.3, -0.25) is 4.79 Å². The number of aromatic nitrogens is 2. The average molecular weight is 238 g/mol. The monoisotopic (exact) mass is 238 g/mol. The molecule has 0 bridgehead atoms. The van der Waals surface area contributed by atoms with E-state index < -0.39 is 0 Å². The molecule has 0 aliphatic carbocycles. The van der Waals surface area contributed by atoms with Crippen molar-refractivity contribution in [2.75, 3.05) is 11.9 Å². The third-order valence-corrected chi connectivity index (χ3v) is 3.15. The third-order valence-electron chi connectivity index (χ3n) is 3.15. The topological polar surface area (TPSA) is 72.9 Å². The number of aryl methyl sites for hydroxylation is 1. The van der Waals surface area contributed by atoms with Crippen LogP contribution in [0.1, 0.15) is 33.6 Å². The van der Waals surface area contributed by atoms with Crippen molar-refractivity contribution in [2.24, 2.45) is 5.73 Å². The van der Waals surface area contributed by atoms with Crippen molar-refractivity contribution in [1.82, 2.24) is 9.55 Å². The maximum Gasteiger partial charge on any atom is 0.293 e. The largest absolute Gasteiger partial charge is 0.360 e. The predicted octanol–water partition coefficient (Wildman–Crippen LogP) is 1.19. The smallest absolute Gasteiger partial charge is 0.293 e. The molecule has 0 radical (unpaired) electrons. The number of hydrogen-bond acceptors (Lipinski definition) is 4. The fourth-order valence-electron chi connectivity index (χ4n) is 1.71. The highest BCUT2D eigenvalue weighted by Gasteiger charge is 2.22. The van der Waals surface area contributed by atoms with Crippen molar-refractivity contribution < 1.29 is 0 Å². The lowest BCUT2D eigenvalue weighted by atomic mass is 9.94. The van der Waals surface area contributed by atoms with E-state index in [2.05, 4.69) is 24.1 Å². The lowest BCUT2D eigenvalue weighted by molar-refractivity contribution is 0.460. The summed E-state index contributed by atoms with van der Waals surface area (Å²) in [6.07, 6.45) is 5.05. The summed E-state index contributed by atoms with van der Waals surface area (Å²) >= 11 is 0. The molecule has 0 aliphatic rings. The van der Waals surface area contributed by atoms with Crippen molar-refractivity contribution in [3.8, 4) is 0 Å². The van der Waals surface area contributed by atoms with Gasteiger partial charge in [-0.15, -0.1) is 0 Å². The lowest BCUT2D eigenvalue weighted by Gasteiger charge is -2.29. The molecule has 0 aromatic carbocycles. The van der Waals surface area contributed by atoms with Crippen LogP contribution in [-0.2, 0) is 6.54 Å². The first kappa shape index (κ1) is 13.7. The predicted molar refractivity (Wildman–Crippen MR) is 70.2 cm³/mol. The van der Waals surface area contributed by atoms with Crippen LogP contribution in [0.5, 0.6) is 0 Å². The first-order valence-corrected chi connectivity index (χ1v) is 6.10. The van der Waals surface area contributed by atoms with Crippen molar-refractivity contribution in [3.63, 3.8) is 0 Å². The fraction of sp³-hybridized carbons (Fsp3) is 0.667. The second-order valence-electron chi connectivity index (χ2n) is 4.44. The third kappa shape index (κ3) is 3.30. The van der Waals surface area contributed by atoms with Crippen LogP contribution < -0.4 is 16.6 Å². The van der Waals surface area contributed by atoms with Crippen LogP contribution in [0.3, 0.4) is 0 Å². The van der Waals surface area contributed by atoms with Gasteiger partial charge in [0.2, 0.25) is 0 Å². The first-order chi connectivity index (χ1) is 8.06. The summed E-state index contributed by atoms with van der Waals surface area (Å²) < 4.78 is 1.63. The van der Waals surface area contributed by atoms with Gasteiger partial charge >= 0.3 is 0 Å². The molecule has 96 valence electrons. The Hall–Kier alpha value is -1.36. The van der Waals surface area contributed by atoms with E-state index in [1.54, 1.807) is 17.0 Å². The van der Waals surface area contributed by atoms with Crippen molar-refractivity contribution in [1.29, 1.82) is 0 Å². The molecule has 0 saturated heterocycles. The van der Waals surface area contributed by atoms with E-state index in [1.165, 1.54) is 0 Å². The maximum absolute atomic E-state index is 12.0. The van der Waals surface area contributed by atoms with Crippen molar-refractivity contribution in [3.05, 3.63) is 22.7 Å². The zero-order chi connectivity index (χ0) is 12.9. The summed E-state index contributed by atoms with van der Waals surface area (Å²) in [5.41, 5.74) is 5.34. The second kappa shape index (κ2) is 5.82. The number of nitrogens with zero attached hydrogens (tertiary/aromatic N) is 2. The Bertz CT molecular complexity index is 415. The molecule has 3 N–H and O–H groups in total. The van der Waals surface area contributed by atoms with E-state index in [-0.39, 0.29) is 11.1 Å². The summed E-state index contributed by atoms with van der Waals surface area (Å²) in [4.78, 5) is 16.1. The summed E-state index contributed by atoms with van der Waals surface area (Å²) in [5, 5.41) is 3.22. The van der Waals surface area contributed by atoms with Crippen molar-refractivity contribution >= 4 is 5.82 Å². The minimum atomic E-state index is -0.173. The van der Waals surface area contributed by atoms with E-state index in [1.807, 2.05) is 6.92 Å². The Labute approximate surface area is 102 Å². The van der Waals surface area contributed by atoms with Gasteiger partial charge in [-0.1, -0.05) is 6.92 Å². The highest BCUT2D eigenvalue weighted by atomic mass is 16.1. The highest BCUT2D eigenvalue weighted by Crippen LogP contribution is 2.17. The Morgan fingerprint density at radius 2 is 2.24 bits per heavy atom. The molecule has 1 aromatic rings. The van der Waals surface area contributed by atoms with E-state index in [9.17, 15) is 4.79 Å². The highest BCUT2D eigenvalue weighted by molar-refractivity contribution is 5.34. The number of nitrogens with one attached hydrogen (secondary N) is 1. The molecule has 5 nitrogen and oxygen atoms in total. The Morgan fingerprint density at radius 1 is 1.53 bits per heavy atom. The molecule has 0 fully saturated rings. The van der Waals surface area contributed by atoms with E-state index in [0.29, 0.717) is 18.9 Å². The Morgan fingerprint density at radius 3 is 2.76 bits per heavy atom. The van der Waals surface area contributed by atoms with Gasteiger partial charge in [-0.05, 0) is 33.2 Å². The zero-order valence-electron chi connectivity index (χ0n) is 10.9. The Balaban J connectivity index is 2.98. The van der Waals surface area contributed by atoms with E-state index in [0.717, 1.165) is 12.8 Å². The van der Waals surface area contributed by atoms with Crippen molar-refractivity contribution in [2.45, 2.75) is 45.7 Å². The summed E-state index contributed by atoms with van der Waals surface area (Å²) in [6.45, 7) is 7.31. The normalized spacial score (nSPS) is 14.4. The number of anilines is 1. The minimum absolute atomic E-state index is 0.0771. The maximum atomic E-state index is 12.0. The van der Waals surface area contributed by atoms with Gasteiger partial charge in [0.25, 0.3) is 5.56 Å². The van der Waals surface area contributed by atoms with E-state index in [4.69, 9.17) is 5.73 Å². The summed E-state index contributed by atoms with van der Waals surface area (Å²) in [6, 6.07) is 0. The van der Waals surface area contributed by atoms with Crippen LogP contribution in [0.15, 0.2) is 17.2 Å². The summed E-state index contributed by atoms with van der Waals surface area (Å²) in [7, 11) is 0. The van der Waals surface area contributed by atoms with Gasteiger partial charge in [-0.25, -0.2) is 4.98 Å². The molecule has 0 amide bonds. The lowest BCUT2D eigenvalue weighted by Crippen LogP contribution is -2.39. The first-order valence-electron chi connectivity index (χ1n) is 6.10. The molecule has 1 rings (SSSR count). The molecule has 0 aliphatic heterocycles. The van der Waals surface area contributed by atoms with Gasteiger partial charge in [0.15, 0.2) is 5.82 Å². The van der Waals surface area contributed by atoms with Gasteiger partial charge in [0, 0.05) is 24.5 Å². The molecule has 5 heteroatoms. The zero-order valence-corrected chi connectivity index (χ0v) is 10.9. The molecule has 1 atom stereocenters. The molecule has 0 spiro atoms. The van der Waals surface area contributed by atoms with Crippen LogP contribution in [0, 0.1) is 0 Å². The van der Waals surface area contributed by atoms with Crippen LogP contribution in [0.25, 0.3) is 0 Å². The second-order valence-corrected chi connectivity index (χ2v) is 4.44. The molecule has 17 heavy (non-hydrogen) atoms. The number of hydrogen-bond donors (Lipinski definition) is 2. The van der Waals surface area contributed by atoms with Crippen LogP contribution in [0.2, 0.25) is 0 Å². The van der Waals surface area contributed by atoms with Crippen LogP contribution in [-0.4, -0.2) is 21.6 Å².